The number of hydrogen-bond acceptors (Lipinski definition) is 3. The first kappa shape index (κ1) is 16.5. The average Bonchev–Trinajstić information content (AvgIpc) is 2.91. The van der Waals surface area contributed by atoms with Crippen molar-refractivity contribution < 1.29 is 9.53 Å². The number of amides is 1. The van der Waals surface area contributed by atoms with Gasteiger partial charge in [0.15, 0.2) is 0 Å². The quantitative estimate of drug-likeness (QED) is 0.794. The molecule has 1 amide bonds. The second-order valence-electron chi connectivity index (χ2n) is 6.20. The van der Waals surface area contributed by atoms with Crippen LogP contribution in [0.2, 0.25) is 0 Å². The largest absolute Gasteiger partial charge is 0.376 e. The predicted molar refractivity (Wildman–Crippen MR) is 92.2 cm³/mol. The van der Waals surface area contributed by atoms with Crippen LogP contribution in [0.4, 0.5) is 0 Å². The highest BCUT2D eigenvalue weighted by molar-refractivity contribution is 5.86. The van der Waals surface area contributed by atoms with Gasteiger partial charge in [0.1, 0.15) is 0 Å². The lowest BCUT2D eigenvalue weighted by atomic mass is 10.0. The van der Waals surface area contributed by atoms with Crippen LogP contribution in [0, 0.1) is 6.92 Å². The Labute approximate surface area is 142 Å². The molecule has 0 saturated carbocycles. The monoisotopic (exact) mass is 325 g/mol. The number of hydrogen-bond donors (Lipinski definition) is 0. The summed E-state index contributed by atoms with van der Waals surface area (Å²) in [6.07, 6.45) is 2.31. The fraction of sp³-hybridized carbons (Fsp3) is 0.368. The number of carbonyl (C=O) groups is 1. The minimum atomic E-state index is -0.0905. The van der Waals surface area contributed by atoms with Crippen LogP contribution in [0.3, 0.4) is 0 Å². The molecule has 126 valence electrons. The maximum atomic E-state index is 12.2. The van der Waals surface area contributed by atoms with Gasteiger partial charge in [-0.2, -0.15) is 5.10 Å². The second-order valence-corrected chi connectivity index (χ2v) is 6.20. The first-order chi connectivity index (χ1) is 11.6. The summed E-state index contributed by atoms with van der Waals surface area (Å²) in [5, 5.41) is 4.45. The molecular formula is C19H23N3O2. The van der Waals surface area contributed by atoms with Gasteiger partial charge in [0.25, 0.3) is 0 Å². The lowest BCUT2D eigenvalue weighted by molar-refractivity contribution is -0.127. The Morgan fingerprint density at radius 2 is 2.21 bits per heavy atom. The van der Waals surface area contributed by atoms with Gasteiger partial charge in [-0.15, -0.1) is 0 Å². The molecule has 0 fully saturated rings. The highest BCUT2D eigenvalue weighted by Gasteiger charge is 2.16. The van der Waals surface area contributed by atoms with Crippen molar-refractivity contribution in [3.05, 3.63) is 65.0 Å². The zero-order valence-corrected chi connectivity index (χ0v) is 14.3. The van der Waals surface area contributed by atoms with Crippen LogP contribution in [-0.4, -0.2) is 27.2 Å². The number of benzene rings is 1. The molecule has 0 saturated heterocycles. The van der Waals surface area contributed by atoms with Crippen LogP contribution in [0.1, 0.15) is 28.1 Å². The first-order valence-corrected chi connectivity index (χ1v) is 8.16. The normalized spacial score (nSPS) is 13.4. The number of aromatic nitrogens is 2. The zero-order chi connectivity index (χ0) is 17.1. The fourth-order valence-corrected chi connectivity index (χ4v) is 2.99. The van der Waals surface area contributed by atoms with Crippen molar-refractivity contribution in [3.63, 3.8) is 0 Å². The van der Waals surface area contributed by atoms with Gasteiger partial charge < -0.3 is 9.64 Å². The van der Waals surface area contributed by atoms with E-state index < -0.39 is 0 Å². The Kier molecular flexibility index (Phi) is 4.81. The molecule has 0 N–H and O–H groups in total. The number of aryl methyl sites for hydroxylation is 2. The molecule has 1 aromatic heterocycles. The number of fused-ring (bicyclic) bond motifs is 1. The molecular weight excluding hydrogens is 302 g/mol. The molecule has 0 atom stereocenters. The summed E-state index contributed by atoms with van der Waals surface area (Å²) in [6, 6.07) is 8.39. The molecule has 2 heterocycles. The summed E-state index contributed by atoms with van der Waals surface area (Å²) >= 11 is 0. The lowest BCUT2D eigenvalue weighted by Crippen LogP contribution is -2.28. The molecule has 5 nitrogen and oxygen atoms in total. The van der Waals surface area contributed by atoms with Gasteiger partial charge in [-0.1, -0.05) is 24.8 Å². The fourth-order valence-electron chi connectivity index (χ4n) is 2.99. The number of rotatable bonds is 5. The van der Waals surface area contributed by atoms with Crippen molar-refractivity contribution in [2.75, 3.05) is 6.61 Å². The van der Waals surface area contributed by atoms with E-state index in [2.05, 4.69) is 29.9 Å². The highest BCUT2D eigenvalue weighted by Crippen LogP contribution is 2.20. The van der Waals surface area contributed by atoms with Crippen LogP contribution in [0.15, 0.2) is 36.9 Å². The Hall–Kier alpha value is -2.40. The van der Waals surface area contributed by atoms with Gasteiger partial charge in [0.05, 0.1) is 25.5 Å². The SMILES string of the molecule is C=CC(=O)N(Cc1ccc2c(c1)COCC2)Cc1cc(C)n(C)n1. The van der Waals surface area contributed by atoms with E-state index in [4.69, 9.17) is 4.74 Å². The summed E-state index contributed by atoms with van der Waals surface area (Å²) < 4.78 is 7.35. The summed E-state index contributed by atoms with van der Waals surface area (Å²) in [5.41, 5.74) is 5.61. The third kappa shape index (κ3) is 3.57. The topological polar surface area (TPSA) is 47.4 Å². The minimum absolute atomic E-state index is 0.0905. The molecule has 0 radical (unpaired) electrons. The number of carbonyl (C=O) groups excluding carboxylic acids is 1. The molecule has 0 unspecified atom stereocenters. The van der Waals surface area contributed by atoms with Gasteiger partial charge in [-0.05, 0) is 42.2 Å². The smallest absolute Gasteiger partial charge is 0.246 e. The molecule has 1 aromatic carbocycles. The van der Waals surface area contributed by atoms with Crippen LogP contribution < -0.4 is 0 Å². The van der Waals surface area contributed by atoms with Crippen LogP contribution in [-0.2, 0) is 42.7 Å². The van der Waals surface area contributed by atoms with Crippen molar-refractivity contribution in [3.8, 4) is 0 Å². The van der Waals surface area contributed by atoms with Gasteiger partial charge in [0.2, 0.25) is 5.91 Å². The summed E-state index contributed by atoms with van der Waals surface area (Å²) in [4.78, 5) is 14.0. The second kappa shape index (κ2) is 7.01. The number of ether oxygens (including phenoxy) is 1. The molecule has 1 aliphatic heterocycles. The molecule has 0 bridgehead atoms. The van der Waals surface area contributed by atoms with Gasteiger partial charge >= 0.3 is 0 Å². The zero-order valence-electron chi connectivity index (χ0n) is 14.3. The molecule has 0 aliphatic carbocycles. The number of nitrogens with zero attached hydrogens (tertiary/aromatic N) is 3. The highest BCUT2D eigenvalue weighted by atomic mass is 16.5. The van der Waals surface area contributed by atoms with Gasteiger partial charge in [-0.3, -0.25) is 9.48 Å². The van der Waals surface area contributed by atoms with E-state index in [9.17, 15) is 4.79 Å². The lowest BCUT2D eigenvalue weighted by Gasteiger charge is -2.22. The van der Waals surface area contributed by atoms with Crippen LogP contribution in [0.25, 0.3) is 0 Å². The Balaban J connectivity index is 1.79. The molecule has 24 heavy (non-hydrogen) atoms. The first-order valence-electron chi connectivity index (χ1n) is 8.16. The van der Waals surface area contributed by atoms with Crippen molar-refractivity contribution in [1.29, 1.82) is 0 Å². The van der Waals surface area contributed by atoms with E-state index in [1.54, 1.807) is 4.90 Å². The van der Waals surface area contributed by atoms with Crippen molar-refractivity contribution >= 4 is 5.91 Å². The van der Waals surface area contributed by atoms with E-state index in [-0.39, 0.29) is 5.91 Å². The van der Waals surface area contributed by atoms with E-state index in [0.29, 0.717) is 19.7 Å². The summed E-state index contributed by atoms with van der Waals surface area (Å²) in [6.45, 7) is 8.06. The molecule has 2 aromatic rings. The standard InChI is InChI=1S/C19H23N3O2/c1-4-19(23)22(12-18-9-14(2)21(3)20-18)11-15-5-6-16-7-8-24-13-17(16)10-15/h4-6,9-10H,1,7-8,11-13H2,2-3H3. The molecule has 3 rings (SSSR count). The maximum absolute atomic E-state index is 12.2. The van der Waals surface area contributed by atoms with E-state index >= 15 is 0 Å². The van der Waals surface area contributed by atoms with Crippen LogP contribution >= 0.6 is 0 Å². The van der Waals surface area contributed by atoms with Crippen LogP contribution in [0.5, 0.6) is 0 Å². The van der Waals surface area contributed by atoms with Gasteiger partial charge in [0, 0.05) is 19.3 Å². The Morgan fingerprint density at radius 3 is 2.92 bits per heavy atom. The maximum Gasteiger partial charge on any atom is 0.246 e. The Bertz CT molecular complexity index is 744. The van der Waals surface area contributed by atoms with E-state index in [1.807, 2.05) is 24.7 Å². The molecule has 0 spiro atoms. The van der Waals surface area contributed by atoms with E-state index in [0.717, 1.165) is 30.0 Å². The molecule has 1 aliphatic rings. The van der Waals surface area contributed by atoms with Gasteiger partial charge in [-0.25, -0.2) is 0 Å². The minimum Gasteiger partial charge on any atom is -0.376 e. The Morgan fingerprint density at radius 1 is 1.38 bits per heavy atom. The third-order valence-electron chi connectivity index (χ3n) is 4.42. The third-order valence-corrected chi connectivity index (χ3v) is 4.42. The van der Waals surface area contributed by atoms with Crippen molar-refractivity contribution in [2.24, 2.45) is 7.05 Å². The van der Waals surface area contributed by atoms with E-state index in [1.165, 1.54) is 17.2 Å². The van der Waals surface area contributed by atoms with Crippen molar-refractivity contribution in [2.45, 2.75) is 33.0 Å². The predicted octanol–water partition coefficient (Wildman–Crippen LogP) is 2.52. The van der Waals surface area contributed by atoms with Crippen molar-refractivity contribution in [1.82, 2.24) is 14.7 Å². The molecule has 5 heteroatoms. The summed E-state index contributed by atoms with van der Waals surface area (Å²) in [7, 11) is 1.90. The average molecular weight is 325 g/mol. The summed E-state index contributed by atoms with van der Waals surface area (Å²) in [5.74, 6) is -0.0905.